The van der Waals surface area contributed by atoms with Crippen molar-refractivity contribution in [1.82, 2.24) is 19.1 Å². The van der Waals surface area contributed by atoms with E-state index in [9.17, 15) is 23.5 Å². The van der Waals surface area contributed by atoms with Gasteiger partial charge in [0.2, 0.25) is 0 Å². The molecule has 0 bridgehead atoms. The summed E-state index contributed by atoms with van der Waals surface area (Å²) in [5.74, 6) is -0.861. The SMILES string of the molecule is COC(=O)c1cc(C2CC2)cnc1Cc1ccc2c(c1)c(-c1ccccc1F)cn2C.Cn1cc(-c2ccccc2F)c2cc(Cc3ncc(C4CC4)cc3C(=O)O)ccc21. The highest BCUT2D eigenvalue weighted by Gasteiger charge is 2.27. The molecule has 0 saturated heterocycles. The zero-order valence-corrected chi connectivity index (χ0v) is 34.2. The average molecular weight is 815 g/mol. The lowest BCUT2D eigenvalue weighted by atomic mass is 9.99. The smallest absolute Gasteiger partial charge is 0.339 e. The van der Waals surface area contributed by atoms with Crippen molar-refractivity contribution in [1.29, 1.82) is 0 Å². The Morgan fingerprint density at radius 3 is 1.51 bits per heavy atom. The van der Waals surface area contributed by atoms with Crippen molar-refractivity contribution in [2.24, 2.45) is 14.1 Å². The van der Waals surface area contributed by atoms with Gasteiger partial charge in [0.1, 0.15) is 11.6 Å². The Balaban J connectivity index is 0.000000156. The molecule has 2 aliphatic rings. The van der Waals surface area contributed by atoms with E-state index in [0.717, 1.165) is 80.9 Å². The van der Waals surface area contributed by atoms with Gasteiger partial charge in [0.05, 0.1) is 29.6 Å². The number of methoxy groups -OCH3 is 1. The Labute approximate surface area is 352 Å². The maximum absolute atomic E-state index is 14.5. The lowest BCUT2D eigenvalue weighted by molar-refractivity contribution is 0.0598. The Morgan fingerprint density at radius 1 is 0.639 bits per heavy atom. The Bertz CT molecular complexity index is 3000. The minimum Gasteiger partial charge on any atom is -0.478 e. The monoisotopic (exact) mass is 814 g/mol. The number of ether oxygens (including phenoxy) is 1. The molecular formula is C51H44F2N4O4. The van der Waals surface area contributed by atoms with Crippen LogP contribution in [0.15, 0.2) is 122 Å². The van der Waals surface area contributed by atoms with Crippen LogP contribution in [0.25, 0.3) is 44.1 Å². The van der Waals surface area contributed by atoms with Crippen LogP contribution in [0, 0.1) is 11.6 Å². The number of hydrogen-bond donors (Lipinski definition) is 1. The summed E-state index contributed by atoms with van der Waals surface area (Å²) in [7, 11) is 5.29. The summed E-state index contributed by atoms with van der Waals surface area (Å²) in [6.07, 6.45) is 13.0. The largest absolute Gasteiger partial charge is 0.478 e. The van der Waals surface area contributed by atoms with Crippen LogP contribution in [-0.2, 0) is 31.7 Å². The fourth-order valence-electron chi connectivity index (χ4n) is 8.33. The lowest BCUT2D eigenvalue weighted by Crippen LogP contribution is -2.09. The molecule has 0 atom stereocenters. The fourth-order valence-corrected chi connectivity index (χ4v) is 8.33. The van der Waals surface area contributed by atoms with E-state index in [0.29, 0.717) is 52.8 Å². The van der Waals surface area contributed by atoms with Crippen LogP contribution in [0.1, 0.15) is 91.9 Å². The van der Waals surface area contributed by atoms with E-state index in [2.05, 4.69) is 16.0 Å². The highest BCUT2D eigenvalue weighted by molar-refractivity contribution is 5.98. The number of carbonyl (C=O) groups excluding carboxylic acids is 1. The summed E-state index contributed by atoms with van der Waals surface area (Å²) in [6, 6.07) is 29.4. The summed E-state index contributed by atoms with van der Waals surface area (Å²) in [4.78, 5) is 33.3. The van der Waals surface area contributed by atoms with Gasteiger partial charge in [-0.1, -0.05) is 48.5 Å². The molecule has 8 aromatic rings. The van der Waals surface area contributed by atoms with Crippen molar-refractivity contribution in [3.63, 3.8) is 0 Å². The molecule has 4 heterocycles. The molecule has 0 unspecified atom stereocenters. The number of aromatic nitrogens is 4. The third kappa shape index (κ3) is 8.05. The summed E-state index contributed by atoms with van der Waals surface area (Å²) in [5, 5.41) is 11.6. The van der Waals surface area contributed by atoms with Gasteiger partial charge in [0.25, 0.3) is 0 Å². The molecule has 2 saturated carbocycles. The molecule has 61 heavy (non-hydrogen) atoms. The lowest BCUT2D eigenvalue weighted by Gasteiger charge is -2.10. The second kappa shape index (κ2) is 16.3. The second-order valence-electron chi connectivity index (χ2n) is 16.2. The first-order chi connectivity index (χ1) is 29.6. The van der Waals surface area contributed by atoms with E-state index in [1.807, 2.05) is 96.5 Å². The van der Waals surface area contributed by atoms with Crippen molar-refractivity contribution in [2.75, 3.05) is 7.11 Å². The number of aromatic carboxylic acids is 1. The highest BCUT2D eigenvalue weighted by atomic mass is 19.1. The topological polar surface area (TPSA) is 99.2 Å². The predicted octanol–water partition coefficient (Wildman–Crippen LogP) is 11.2. The first-order valence-electron chi connectivity index (χ1n) is 20.5. The van der Waals surface area contributed by atoms with Crippen molar-refractivity contribution in [3.05, 3.63) is 178 Å². The normalized spacial score (nSPS) is 13.6. The molecule has 2 fully saturated rings. The summed E-state index contributed by atoms with van der Waals surface area (Å²) in [5.41, 5.74) is 10.9. The number of hydrogen-bond acceptors (Lipinski definition) is 5. The van der Waals surface area contributed by atoms with Crippen LogP contribution in [0.3, 0.4) is 0 Å². The molecular weight excluding hydrogens is 771 g/mol. The molecule has 4 aromatic carbocycles. The number of carboxylic acids is 1. The first-order valence-corrected chi connectivity index (χ1v) is 20.5. The molecule has 1 N–H and O–H groups in total. The minimum absolute atomic E-state index is 0.245. The van der Waals surface area contributed by atoms with Crippen molar-refractivity contribution in [2.45, 2.75) is 50.4 Å². The predicted molar refractivity (Wildman–Crippen MR) is 233 cm³/mol. The molecule has 0 aliphatic heterocycles. The molecule has 306 valence electrons. The van der Waals surface area contributed by atoms with Gasteiger partial charge in [-0.2, -0.15) is 0 Å². The van der Waals surface area contributed by atoms with E-state index < -0.39 is 5.97 Å². The quantitative estimate of drug-likeness (QED) is 0.138. The van der Waals surface area contributed by atoms with E-state index in [-0.39, 0.29) is 23.2 Å². The van der Waals surface area contributed by atoms with Gasteiger partial charge in [-0.05, 0) is 108 Å². The summed E-state index contributed by atoms with van der Waals surface area (Å²) in [6.45, 7) is 0. The number of halogens is 2. The van der Waals surface area contributed by atoms with Crippen LogP contribution in [-0.4, -0.2) is 43.3 Å². The van der Waals surface area contributed by atoms with E-state index >= 15 is 0 Å². The number of carbonyl (C=O) groups is 2. The maximum atomic E-state index is 14.5. The molecule has 4 aromatic heterocycles. The van der Waals surface area contributed by atoms with Gasteiger partial charge in [-0.3, -0.25) is 9.97 Å². The van der Waals surface area contributed by atoms with Gasteiger partial charge >= 0.3 is 11.9 Å². The average Bonchev–Trinajstić information content (AvgIpc) is 4.21. The number of benzene rings is 4. The summed E-state index contributed by atoms with van der Waals surface area (Å²) < 4.78 is 37.9. The van der Waals surface area contributed by atoms with Gasteiger partial charge in [-0.25, -0.2) is 18.4 Å². The third-order valence-corrected chi connectivity index (χ3v) is 11.9. The maximum Gasteiger partial charge on any atom is 0.339 e. The fraction of sp³-hybridized carbons (Fsp3) is 0.216. The molecule has 8 nitrogen and oxygen atoms in total. The number of rotatable bonds is 10. The Hall–Kier alpha value is -6.94. The van der Waals surface area contributed by atoms with Gasteiger partial charge in [0.15, 0.2) is 0 Å². The Kier molecular flexibility index (Phi) is 10.5. The highest BCUT2D eigenvalue weighted by Crippen LogP contribution is 2.42. The van der Waals surface area contributed by atoms with Crippen LogP contribution in [0.2, 0.25) is 0 Å². The molecule has 2 aliphatic carbocycles. The molecule has 10 heteroatoms. The number of fused-ring (bicyclic) bond motifs is 2. The number of aryl methyl sites for hydroxylation is 2. The van der Waals surface area contributed by atoms with Gasteiger partial charge < -0.3 is 19.0 Å². The molecule has 0 radical (unpaired) electrons. The minimum atomic E-state index is -0.951. The zero-order valence-electron chi connectivity index (χ0n) is 34.2. The van der Waals surface area contributed by atoms with E-state index in [4.69, 9.17) is 4.74 Å². The number of carboxylic acid groups (broad SMARTS) is 1. The van der Waals surface area contributed by atoms with Crippen LogP contribution in [0.5, 0.6) is 0 Å². The van der Waals surface area contributed by atoms with Gasteiger partial charge in [0, 0.05) is 95.8 Å². The third-order valence-electron chi connectivity index (χ3n) is 11.9. The Morgan fingerprint density at radius 2 is 1.08 bits per heavy atom. The van der Waals surface area contributed by atoms with Gasteiger partial charge in [-0.15, -0.1) is 0 Å². The first kappa shape index (κ1) is 39.5. The standard InChI is InChI=1S/C26H23FN2O2.C25H21FN2O2/c1-29-15-22(19-5-3-4-6-23(19)27)20-11-16(7-10-25(20)29)12-24-21(26(30)31-2)13-18(14-28-24)17-8-9-17;1-28-14-21(18-4-2-3-5-22(18)26)19-10-15(6-9-24(19)28)11-23-20(25(29)30)12-17(13-27-23)16-7-8-16/h3-7,10-11,13-15,17H,8-9,12H2,1-2H3;2-6,9-10,12-14,16H,7-8,11H2,1H3,(H,29,30). The van der Waals surface area contributed by atoms with Crippen molar-refractivity contribution < 1.29 is 28.2 Å². The number of pyridine rings is 2. The molecule has 10 rings (SSSR count). The number of nitrogens with zero attached hydrogens (tertiary/aromatic N) is 4. The zero-order chi connectivity index (χ0) is 42.4. The summed E-state index contributed by atoms with van der Waals surface area (Å²) >= 11 is 0. The second-order valence-corrected chi connectivity index (χ2v) is 16.2. The van der Waals surface area contributed by atoms with Crippen LogP contribution >= 0.6 is 0 Å². The van der Waals surface area contributed by atoms with E-state index in [1.165, 1.54) is 19.2 Å². The number of esters is 1. The van der Waals surface area contributed by atoms with Crippen molar-refractivity contribution in [3.8, 4) is 22.3 Å². The van der Waals surface area contributed by atoms with E-state index in [1.54, 1.807) is 30.3 Å². The van der Waals surface area contributed by atoms with Crippen LogP contribution < -0.4 is 0 Å². The molecule has 0 amide bonds. The molecule has 0 spiro atoms. The van der Waals surface area contributed by atoms with Crippen molar-refractivity contribution >= 4 is 33.7 Å². The van der Waals surface area contributed by atoms with Crippen LogP contribution in [0.4, 0.5) is 8.78 Å².